The summed E-state index contributed by atoms with van der Waals surface area (Å²) in [4.78, 5) is 35.4. The maximum absolute atomic E-state index is 13.6. The SMILES string of the molecule is CC(NC(=O)c1c(N)nn2cccnc12)c1nc2cccc(Cl)c2c(=O)n1-c1ccc(F)cc1. The van der Waals surface area contributed by atoms with Crippen molar-refractivity contribution >= 4 is 39.9 Å². The van der Waals surface area contributed by atoms with Crippen LogP contribution in [0.15, 0.2) is 65.7 Å². The molecule has 1 unspecified atom stereocenters. The number of nitrogens with two attached hydrogens (primary N) is 1. The highest BCUT2D eigenvalue weighted by atomic mass is 35.5. The molecule has 34 heavy (non-hydrogen) atoms. The monoisotopic (exact) mass is 477 g/mol. The van der Waals surface area contributed by atoms with Crippen molar-refractivity contribution in [3.8, 4) is 5.69 Å². The minimum Gasteiger partial charge on any atom is -0.381 e. The second-order valence-corrected chi connectivity index (χ2v) is 7.97. The molecule has 3 heterocycles. The predicted octanol–water partition coefficient (Wildman–Crippen LogP) is 3.29. The van der Waals surface area contributed by atoms with E-state index in [9.17, 15) is 14.0 Å². The summed E-state index contributed by atoms with van der Waals surface area (Å²) in [5.41, 5.74) is 6.65. The number of anilines is 1. The molecule has 0 aliphatic heterocycles. The smallest absolute Gasteiger partial charge is 0.267 e. The molecule has 9 nitrogen and oxygen atoms in total. The fourth-order valence-electron chi connectivity index (χ4n) is 3.79. The van der Waals surface area contributed by atoms with Gasteiger partial charge in [0.15, 0.2) is 11.5 Å². The molecule has 5 rings (SSSR count). The highest BCUT2D eigenvalue weighted by Crippen LogP contribution is 2.24. The lowest BCUT2D eigenvalue weighted by Gasteiger charge is -2.20. The first-order valence-corrected chi connectivity index (χ1v) is 10.6. The number of rotatable bonds is 4. The van der Waals surface area contributed by atoms with Crippen LogP contribution in [0.3, 0.4) is 0 Å². The third-order valence-electron chi connectivity index (χ3n) is 5.34. The molecule has 0 radical (unpaired) electrons. The van der Waals surface area contributed by atoms with Gasteiger partial charge in [-0.25, -0.2) is 18.9 Å². The molecule has 0 aliphatic carbocycles. The molecule has 1 amide bonds. The Morgan fingerprint density at radius 2 is 1.94 bits per heavy atom. The van der Waals surface area contributed by atoms with E-state index < -0.39 is 23.3 Å². The Hall–Kier alpha value is -4.31. The van der Waals surface area contributed by atoms with Gasteiger partial charge in [-0.15, -0.1) is 5.10 Å². The molecule has 0 saturated carbocycles. The number of fused-ring (bicyclic) bond motifs is 2. The normalized spacial score (nSPS) is 12.2. The quantitative estimate of drug-likeness (QED) is 0.410. The number of nitrogen functional groups attached to an aromatic ring is 1. The van der Waals surface area contributed by atoms with Crippen molar-refractivity contribution in [3.63, 3.8) is 0 Å². The lowest BCUT2D eigenvalue weighted by Crippen LogP contribution is -2.33. The van der Waals surface area contributed by atoms with Crippen LogP contribution in [0.25, 0.3) is 22.2 Å². The van der Waals surface area contributed by atoms with Crippen molar-refractivity contribution in [1.29, 1.82) is 0 Å². The molecule has 0 bridgehead atoms. The lowest BCUT2D eigenvalue weighted by atomic mass is 10.2. The van der Waals surface area contributed by atoms with Gasteiger partial charge < -0.3 is 11.1 Å². The van der Waals surface area contributed by atoms with Crippen LogP contribution in [0, 0.1) is 5.82 Å². The van der Waals surface area contributed by atoms with Crippen LogP contribution in [0.4, 0.5) is 10.2 Å². The standard InChI is InChI=1S/C23H17ClFN7O2/c1-12(28-22(33)18-19(26)30-31-11-3-10-27-21(18)31)20-29-16-5-2-4-15(24)17(16)23(34)32(20)14-8-6-13(25)7-9-14/h2-12H,1H3,(H2,26,30)(H,28,33). The average molecular weight is 478 g/mol. The van der Waals surface area contributed by atoms with E-state index in [1.165, 1.54) is 39.5 Å². The predicted molar refractivity (Wildman–Crippen MR) is 126 cm³/mol. The summed E-state index contributed by atoms with van der Waals surface area (Å²) in [5, 5.41) is 7.37. The van der Waals surface area contributed by atoms with E-state index >= 15 is 0 Å². The number of amides is 1. The van der Waals surface area contributed by atoms with Gasteiger partial charge in [-0.1, -0.05) is 17.7 Å². The van der Waals surface area contributed by atoms with Crippen molar-refractivity contribution in [2.45, 2.75) is 13.0 Å². The molecule has 0 spiro atoms. The molecule has 0 saturated heterocycles. The van der Waals surface area contributed by atoms with Gasteiger partial charge in [0.2, 0.25) is 0 Å². The van der Waals surface area contributed by atoms with Gasteiger partial charge in [-0.3, -0.25) is 14.2 Å². The Morgan fingerprint density at radius 1 is 1.18 bits per heavy atom. The van der Waals surface area contributed by atoms with Crippen LogP contribution in [0.1, 0.15) is 29.1 Å². The number of carbonyl (C=O) groups is 1. The molecule has 3 aromatic heterocycles. The summed E-state index contributed by atoms with van der Waals surface area (Å²) in [7, 11) is 0. The van der Waals surface area contributed by atoms with E-state index in [-0.39, 0.29) is 27.6 Å². The molecule has 0 aliphatic rings. The number of aromatic nitrogens is 5. The number of nitrogens with one attached hydrogen (secondary N) is 1. The molecule has 0 fully saturated rings. The van der Waals surface area contributed by atoms with E-state index in [4.69, 9.17) is 17.3 Å². The van der Waals surface area contributed by atoms with Gasteiger partial charge in [0.05, 0.1) is 27.7 Å². The number of benzene rings is 2. The molecule has 3 N–H and O–H groups in total. The maximum Gasteiger partial charge on any atom is 0.267 e. The summed E-state index contributed by atoms with van der Waals surface area (Å²) in [6.07, 6.45) is 3.15. The molecule has 11 heteroatoms. The Morgan fingerprint density at radius 3 is 2.71 bits per heavy atom. The fourth-order valence-corrected chi connectivity index (χ4v) is 4.04. The lowest BCUT2D eigenvalue weighted by molar-refractivity contribution is 0.0940. The summed E-state index contributed by atoms with van der Waals surface area (Å²) in [6, 6.07) is 11.2. The Bertz CT molecular complexity index is 1630. The Labute approximate surface area is 196 Å². The number of halogens is 2. The van der Waals surface area contributed by atoms with Gasteiger partial charge in [0, 0.05) is 12.4 Å². The van der Waals surface area contributed by atoms with E-state index in [1.807, 2.05) is 0 Å². The fraction of sp³-hybridized carbons (Fsp3) is 0.0870. The van der Waals surface area contributed by atoms with E-state index in [0.29, 0.717) is 16.9 Å². The topological polar surface area (TPSA) is 120 Å². The van der Waals surface area contributed by atoms with Crippen LogP contribution < -0.4 is 16.6 Å². The van der Waals surface area contributed by atoms with Crippen LogP contribution in [0.2, 0.25) is 5.02 Å². The van der Waals surface area contributed by atoms with Gasteiger partial charge in [0.1, 0.15) is 17.2 Å². The van der Waals surface area contributed by atoms with Crippen molar-refractivity contribution in [2.75, 3.05) is 5.73 Å². The zero-order valence-corrected chi connectivity index (χ0v) is 18.5. The first kappa shape index (κ1) is 21.5. The van der Waals surface area contributed by atoms with Crippen LogP contribution in [-0.2, 0) is 0 Å². The molecular formula is C23H17ClFN7O2. The van der Waals surface area contributed by atoms with Gasteiger partial charge in [0.25, 0.3) is 11.5 Å². The Balaban J connectivity index is 1.64. The molecular weight excluding hydrogens is 461 g/mol. The van der Waals surface area contributed by atoms with Crippen molar-refractivity contribution in [1.82, 2.24) is 29.5 Å². The minimum absolute atomic E-state index is 0.0116. The average Bonchev–Trinajstić information content (AvgIpc) is 3.15. The van der Waals surface area contributed by atoms with Crippen LogP contribution in [-0.4, -0.2) is 30.1 Å². The second-order valence-electron chi connectivity index (χ2n) is 7.56. The molecule has 170 valence electrons. The minimum atomic E-state index is -0.758. The van der Waals surface area contributed by atoms with Crippen molar-refractivity contribution < 1.29 is 9.18 Å². The maximum atomic E-state index is 13.6. The summed E-state index contributed by atoms with van der Waals surface area (Å²) in [5.74, 6) is -0.757. The Kier molecular flexibility index (Phi) is 5.21. The van der Waals surface area contributed by atoms with Gasteiger partial charge in [-0.2, -0.15) is 0 Å². The zero-order chi connectivity index (χ0) is 24.0. The van der Waals surface area contributed by atoms with E-state index in [1.54, 1.807) is 37.4 Å². The summed E-state index contributed by atoms with van der Waals surface area (Å²) >= 11 is 6.29. The number of hydrogen-bond donors (Lipinski definition) is 2. The second kappa shape index (κ2) is 8.23. The number of nitrogens with zero attached hydrogens (tertiary/aromatic N) is 5. The van der Waals surface area contributed by atoms with E-state index in [0.717, 1.165) is 0 Å². The van der Waals surface area contributed by atoms with Crippen LogP contribution in [0.5, 0.6) is 0 Å². The first-order chi connectivity index (χ1) is 16.3. The number of carbonyl (C=O) groups excluding carboxylic acids is 1. The van der Waals surface area contributed by atoms with Gasteiger partial charge >= 0.3 is 0 Å². The third-order valence-corrected chi connectivity index (χ3v) is 5.66. The molecule has 1 atom stereocenters. The highest BCUT2D eigenvalue weighted by Gasteiger charge is 2.24. The molecule has 2 aromatic carbocycles. The molecule has 5 aromatic rings. The summed E-state index contributed by atoms with van der Waals surface area (Å²) < 4.78 is 16.3. The summed E-state index contributed by atoms with van der Waals surface area (Å²) in [6.45, 7) is 1.67. The third kappa shape index (κ3) is 3.54. The number of hydrogen-bond acceptors (Lipinski definition) is 6. The van der Waals surface area contributed by atoms with Crippen molar-refractivity contribution in [3.05, 3.63) is 93.5 Å². The first-order valence-electron chi connectivity index (χ1n) is 10.2. The van der Waals surface area contributed by atoms with Gasteiger partial charge in [-0.05, 0) is 49.4 Å². The van der Waals surface area contributed by atoms with Crippen molar-refractivity contribution in [2.24, 2.45) is 0 Å². The van der Waals surface area contributed by atoms with Crippen LogP contribution >= 0.6 is 11.6 Å². The zero-order valence-electron chi connectivity index (χ0n) is 17.7. The van der Waals surface area contributed by atoms with E-state index in [2.05, 4.69) is 20.4 Å². The largest absolute Gasteiger partial charge is 0.381 e. The highest BCUT2D eigenvalue weighted by molar-refractivity contribution is 6.35.